The Hall–Kier alpha value is -0.890. The van der Waals surface area contributed by atoms with Crippen molar-refractivity contribution in [3.05, 3.63) is 35.6 Å². The van der Waals surface area contributed by atoms with Crippen molar-refractivity contribution in [2.75, 3.05) is 6.54 Å². The van der Waals surface area contributed by atoms with E-state index in [2.05, 4.69) is 19.2 Å². The van der Waals surface area contributed by atoms with Gasteiger partial charge in [0.2, 0.25) is 0 Å². The second-order valence-corrected chi connectivity index (χ2v) is 5.68. The summed E-state index contributed by atoms with van der Waals surface area (Å²) in [5.41, 5.74) is 1.24. The average Bonchev–Trinajstić information content (AvgIpc) is 2.86. The average molecular weight is 249 g/mol. The smallest absolute Gasteiger partial charge is 0.127 e. The number of nitrogens with one attached hydrogen (secondary N) is 1. The van der Waals surface area contributed by atoms with E-state index in [1.165, 1.54) is 32.1 Å². The van der Waals surface area contributed by atoms with E-state index in [1.807, 2.05) is 12.1 Å². The predicted octanol–water partition coefficient (Wildman–Crippen LogP) is 4.45. The van der Waals surface area contributed by atoms with Crippen LogP contribution in [0.2, 0.25) is 0 Å². The summed E-state index contributed by atoms with van der Waals surface area (Å²) < 4.78 is 13.7. The van der Waals surface area contributed by atoms with Crippen molar-refractivity contribution in [2.24, 2.45) is 5.41 Å². The lowest BCUT2D eigenvalue weighted by Gasteiger charge is -2.30. The molecule has 0 amide bonds. The molecule has 2 heteroatoms. The highest BCUT2D eigenvalue weighted by molar-refractivity contribution is 5.20. The summed E-state index contributed by atoms with van der Waals surface area (Å²) in [5, 5.41) is 3.53. The molecule has 18 heavy (non-hydrogen) atoms. The molecular formula is C16H24FN. The summed E-state index contributed by atoms with van der Waals surface area (Å²) in [6.45, 7) is 5.34. The molecule has 0 spiro atoms. The molecule has 0 aromatic heterocycles. The maximum absolute atomic E-state index is 13.7. The normalized spacial score (nSPS) is 19.9. The summed E-state index contributed by atoms with van der Waals surface area (Å²) in [7, 11) is 0. The van der Waals surface area contributed by atoms with Crippen LogP contribution in [0.3, 0.4) is 0 Å². The van der Waals surface area contributed by atoms with Crippen molar-refractivity contribution in [2.45, 2.75) is 52.0 Å². The van der Waals surface area contributed by atoms with Crippen LogP contribution in [-0.4, -0.2) is 6.54 Å². The molecule has 0 heterocycles. The largest absolute Gasteiger partial charge is 0.310 e. The molecule has 1 atom stereocenters. The summed E-state index contributed by atoms with van der Waals surface area (Å²) in [6, 6.07) is 7.16. The number of halogens is 1. The van der Waals surface area contributed by atoms with Gasteiger partial charge in [-0.2, -0.15) is 0 Å². The number of hydrogen-bond acceptors (Lipinski definition) is 1. The van der Waals surface area contributed by atoms with Crippen LogP contribution in [0.5, 0.6) is 0 Å². The van der Waals surface area contributed by atoms with Gasteiger partial charge in [0, 0.05) is 18.2 Å². The van der Waals surface area contributed by atoms with E-state index in [1.54, 1.807) is 12.1 Å². The summed E-state index contributed by atoms with van der Waals surface area (Å²) in [6.07, 6.45) is 6.57. The van der Waals surface area contributed by atoms with Crippen LogP contribution in [0.1, 0.15) is 57.6 Å². The van der Waals surface area contributed by atoms with Gasteiger partial charge in [0.1, 0.15) is 5.82 Å². The zero-order valence-corrected chi connectivity index (χ0v) is 11.5. The first-order valence-electron chi connectivity index (χ1n) is 7.15. The molecule has 1 aromatic rings. The molecule has 1 unspecified atom stereocenters. The summed E-state index contributed by atoms with van der Waals surface area (Å²) >= 11 is 0. The summed E-state index contributed by atoms with van der Waals surface area (Å²) in [4.78, 5) is 0. The molecular weight excluding hydrogens is 225 g/mol. The molecule has 1 saturated carbocycles. The summed E-state index contributed by atoms with van der Waals surface area (Å²) in [5.74, 6) is -0.102. The maximum atomic E-state index is 13.7. The molecule has 1 nitrogen and oxygen atoms in total. The van der Waals surface area contributed by atoms with E-state index in [9.17, 15) is 4.39 Å². The van der Waals surface area contributed by atoms with Crippen LogP contribution < -0.4 is 5.32 Å². The molecule has 0 radical (unpaired) electrons. The first kappa shape index (κ1) is 13.5. The molecule has 1 aliphatic carbocycles. The van der Waals surface area contributed by atoms with E-state index in [-0.39, 0.29) is 11.9 Å². The molecule has 100 valence electrons. The Balaban J connectivity index is 1.96. The van der Waals surface area contributed by atoms with Crippen molar-refractivity contribution < 1.29 is 4.39 Å². The van der Waals surface area contributed by atoms with Crippen LogP contribution in [0, 0.1) is 11.2 Å². The first-order chi connectivity index (χ1) is 8.67. The molecule has 2 rings (SSSR count). The van der Waals surface area contributed by atoms with Crippen LogP contribution in [0.25, 0.3) is 0 Å². The fraction of sp³-hybridized carbons (Fsp3) is 0.625. The van der Waals surface area contributed by atoms with Crippen LogP contribution in [0.15, 0.2) is 24.3 Å². The van der Waals surface area contributed by atoms with Crippen molar-refractivity contribution in [3.63, 3.8) is 0 Å². The van der Waals surface area contributed by atoms with E-state index in [0.717, 1.165) is 12.1 Å². The standard InChI is InChI=1S/C16H24FN/c1-3-16(10-6-7-11-16)12-18-13(2)14-8-4-5-9-15(14)17/h4-5,8-9,13,18H,3,6-7,10-12H2,1-2H3. The third kappa shape index (κ3) is 2.92. The van der Waals surface area contributed by atoms with Gasteiger partial charge >= 0.3 is 0 Å². The molecule has 0 bridgehead atoms. The second kappa shape index (κ2) is 5.83. The minimum absolute atomic E-state index is 0.0928. The van der Waals surface area contributed by atoms with Gasteiger partial charge in [0.05, 0.1) is 0 Å². The van der Waals surface area contributed by atoms with Gasteiger partial charge in [-0.05, 0) is 37.7 Å². The topological polar surface area (TPSA) is 12.0 Å². The monoisotopic (exact) mass is 249 g/mol. The Bertz CT molecular complexity index is 382. The van der Waals surface area contributed by atoms with Gasteiger partial charge in [-0.1, -0.05) is 38.0 Å². The molecule has 1 fully saturated rings. The highest BCUT2D eigenvalue weighted by Gasteiger charge is 2.32. The highest BCUT2D eigenvalue weighted by Crippen LogP contribution is 2.40. The van der Waals surface area contributed by atoms with Crippen LogP contribution in [0.4, 0.5) is 4.39 Å². The Morgan fingerprint density at radius 2 is 1.94 bits per heavy atom. The van der Waals surface area contributed by atoms with Crippen LogP contribution in [-0.2, 0) is 0 Å². The minimum atomic E-state index is -0.102. The van der Waals surface area contributed by atoms with Gasteiger partial charge in [0.15, 0.2) is 0 Å². The van der Waals surface area contributed by atoms with Gasteiger partial charge in [-0.25, -0.2) is 4.39 Å². The SMILES string of the molecule is CCC1(CNC(C)c2ccccc2F)CCCC1. The number of hydrogen-bond donors (Lipinski definition) is 1. The third-order valence-electron chi connectivity index (χ3n) is 4.57. The Labute approximate surface area is 110 Å². The Morgan fingerprint density at radius 1 is 1.28 bits per heavy atom. The van der Waals surface area contributed by atoms with E-state index < -0.39 is 0 Å². The molecule has 0 saturated heterocycles. The zero-order valence-electron chi connectivity index (χ0n) is 11.5. The van der Waals surface area contributed by atoms with Crippen LogP contribution >= 0.6 is 0 Å². The van der Waals surface area contributed by atoms with E-state index in [0.29, 0.717) is 5.41 Å². The van der Waals surface area contributed by atoms with Gasteiger partial charge in [-0.15, -0.1) is 0 Å². The number of benzene rings is 1. The molecule has 0 aliphatic heterocycles. The second-order valence-electron chi connectivity index (χ2n) is 5.68. The highest BCUT2D eigenvalue weighted by atomic mass is 19.1. The molecule has 1 aliphatic rings. The van der Waals surface area contributed by atoms with Crippen molar-refractivity contribution >= 4 is 0 Å². The Kier molecular flexibility index (Phi) is 4.39. The predicted molar refractivity (Wildman–Crippen MR) is 74.0 cm³/mol. The van der Waals surface area contributed by atoms with Gasteiger partial charge in [0.25, 0.3) is 0 Å². The first-order valence-corrected chi connectivity index (χ1v) is 7.15. The quantitative estimate of drug-likeness (QED) is 0.813. The molecule has 1 aromatic carbocycles. The number of rotatable bonds is 5. The minimum Gasteiger partial charge on any atom is -0.310 e. The molecule has 1 N–H and O–H groups in total. The fourth-order valence-corrected chi connectivity index (χ4v) is 3.09. The maximum Gasteiger partial charge on any atom is 0.127 e. The van der Waals surface area contributed by atoms with Crippen molar-refractivity contribution in [1.82, 2.24) is 5.32 Å². The lowest BCUT2D eigenvalue weighted by Crippen LogP contribution is -2.33. The van der Waals surface area contributed by atoms with E-state index in [4.69, 9.17) is 0 Å². The van der Waals surface area contributed by atoms with Gasteiger partial charge < -0.3 is 5.32 Å². The van der Waals surface area contributed by atoms with Crippen molar-refractivity contribution in [1.29, 1.82) is 0 Å². The Morgan fingerprint density at radius 3 is 2.56 bits per heavy atom. The lowest BCUT2D eigenvalue weighted by molar-refractivity contribution is 0.258. The lowest BCUT2D eigenvalue weighted by atomic mass is 9.83. The fourth-order valence-electron chi connectivity index (χ4n) is 3.09. The van der Waals surface area contributed by atoms with Gasteiger partial charge in [-0.3, -0.25) is 0 Å². The third-order valence-corrected chi connectivity index (χ3v) is 4.57. The van der Waals surface area contributed by atoms with E-state index >= 15 is 0 Å². The van der Waals surface area contributed by atoms with Crippen molar-refractivity contribution in [3.8, 4) is 0 Å². The zero-order chi connectivity index (χ0) is 13.0.